The second-order valence-electron chi connectivity index (χ2n) is 8.06. The van der Waals surface area contributed by atoms with E-state index < -0.39 is 41.3 Å². The Hall–Kier alpha value is -3.21. The molecule has 11 heteroatoms. The van der Waals surface area contributed by atoms with E-state index in [0.29, 0.717) is 16.6 Å². The zero-order valence-electron chi connectivity index (χ0n) is 18.7. The van der Waals surface area contributed by atoms with E-state index in [0.717, 1.165) is 0 Å². The number of ketones is 1. The van der Waals surface area contributed by atoms with Gasteiger partial charge in [-0.05, 0) is 35.9 Å². The van der Waals surface area contributed by atoms with Crippen molar-refractivity contribution in [3.8, 4) is 17.2 Å². The zero-order chi connectivity index (χ0) is 26.5. The van der Waals surface area contributed by atoms with Crippen LogP contribution in [0.15, 0.2) is 59.1 Å². The third-order valence-electron chi connectivity index (χ3n) is 5.78. The Morgan fingerprint density at radius 3 is 1.94 bits per heavy atom. The fourth-order valence-electron chi connectivity index (χ4n) is 4.12. The van der Waals surface area contributed by atoms with Crippen molar-refractivity contribution in [2.75, 3.05) is 14.2 Å². The van der Waals surface area contributed by atoms with Crippen LogP contribution in [0.3, 0.4) is 0 Å². The number of carbonyl (C=O) groups excluding carboxylic acids is 1. The van der Waals surface area contributed by atoms with Gasteiger partial charge in [0.1, 0.15) is 22.8 Å². The van der Waals surface area contributed by atoms with Crippen LogP contribution in [0.4, 0.5) is 26.3 Å². The third-order valence-corrected chi connectivity index (χ3v) is 6.31. The minimum atomic E-state index is -5.04. The van der Waals surface area contributed by atoms with Crippen LogP contribution < -0.4 is 14.2 Å². The number of hydrogen-bond acceptors (Lipinski definition) is 4. The monoisotopic (exact) mass is 574 g/mol. The van der Waals surface area contributed by atoms with Gasteiger partial charge in [0.2, 0.25) is 11.4 Å². The number of fused-ring (bicyclic) bond motifs is 1. The molecule has 3 aromatic carbocycles. The van der Waals surface area contributed by atoms with Gasteiger partial charge in [-0.25, -0.2) is 0 Å². The molecule has 0 spiro atoms. The molecule has 4 rings (SSSR count). The molecule has 1 heterocycles. The summed E-state index contributed by atoms with van der Waals surface area (Å²) in [5.74, 6) is -0.274. The number of methoxy groups -OCH3 is 2. The predicted octanol–water partition coefficient (Wildman–Crippen LogP) is 7.22. The van der Waals surface area contributed by atoms with Gasteiger partial charge in [0, 0.05) is 28.6 Å². The van der Waals surface area contributed by atoms with Crippen LogP contribution in [0.1, 0.15) is 32.6 Å². The van der Waals surface area contributed by atoms with E-state index in [-0.39, 0.29) is 40.0 Å². The van der Waals surface area contributed by atoms with Crippen LogP contribution in [0.2, 0.25) is 0 Å². The van der Waals surface area contributed by atoms with E-state index in [1.54, 1.807) is 12.1 Å². The number of carbonyl (C=O) groups is 1. The van der Waals surface area contributed by atoms with Gasteiger partial charge in [-0.15, -0.1) is 0 Å². The summed E-state index contributed by atoms with van der Waals surface area (Å²) in [6.45, 7) is 0. The molecule has 0 saturated carbocycles. The Labute approximate surface area is 209 Å². The minimum absolute atomic E-state index is 0.00393. The smallest absolute Gasteiger partial charge is 0.416 e. The van der Waals surface area contributed by atoms with Gasteiger partial charge in [-0.3, -0.25) is 4.79 Å². The number of ether oxygens (including phenoxy) is 3. The number of hydrogen-bond donors (Lipinski definition) is 0. The third kappa shape index (κ3) is 4.63. The van der Waals surface area contributed by atoms with Crippen LogP contribution in [0.25, 0.3) is 0 Å². The molecule has 0 bridgehead atoms. The molecular weight excluding hydrogens is 558 g/mol. The maximum atomic E-state index is 13.8. The lowest BCUT2D eigenvalue weighted by atomic mass is 9.81. The molecule has 4 nitrogen and oxygen atoms in total. The van der Waals surface area contributed by atoms with Crippen molar-refractivity contribution >= 4 is 21.7 Å². The molecule has 0 aromatic heterocycles. The lowest BCUT2D eigenvalue weighted by molar-refractivity contribution is -0.143. The molecule has 190 valence electrons. The molecule has 0 fully saturated rings. The number of benzene rings is 3. The normalized spacial score (nSPS) is 17.5. The van der Waals surface area contributed by atoms with Crippen molar-refractivity contribution in [3.05, 3.63) is 86.9 Å². The van der Waals surface area contributed by atoms with Gasteiger partial charge >= 0.3 is 12.4 Å². The first-order valence-corrected chi connectivity index (χ1v) is 11.1. The first kappa shape index (κ1) is 25.9. The molecule has 0 saturated heterocycles. The topological polar surface area (TPSA) is 44.8 Å². The largest absolute Gasteiger partial charge is 0.496 e. The van der Waals surface area contributed by atoms with Gasteiger partial charge in [0.15, 0.2) is 0 Å². The van der Waals surface area contributed by atoms with Gasteiger partial charge in [0.05, 0.1) is 25.3 Å². The van der Waals surface area contributed by atoms with E-state index in [2.05, 4.69) is 15.9 Å². The SMILES string of the molecule is COc1cc(OC)c2c(c1)OC(Cc1cc(C(F)(F)F)cc(C(F)(F)F)c1)(c1ccc(Br)cc1)C2=O. The van der Waals surface area contributed by atoms with Crippen molar-refractivity contribution in [3.63, 3.8) is 0 Å². The Bertz CT molecular complexity index is 1290. The lowest BCUT2D eigenvalue weighted by Gasteiger charge is -2.29. The maximum Gasteiger partial charge on any atom is 0.416 e. The van der Waals surface area contributed by atoms with Crippen LogP contribution in [0.5, 0.6) is 17.2 Å². The molecule has 1 aliphatic rings. The van der Waals surface area contributed by atoms with Crippen LogP contribution in [-0.2, 0) is 24.4 Å². The predicted molar refractivity (Wildman–Crippen MR) is 120 cm³/mol. The molecule has 0 N–H and O–H groups in total. The second kappa shape index (κ2) is 9.02. The summed E-state index contributed by atoms with van der Waals surface area (Å²) >= 11 is 3.27. The van der Waals surface area contributed by atoms with Crippen molar-refractivity contribution in [2.24, 2.45) is 0 Å². The van der Waals surface area contributed by atoms with Gasteiger partial charge in [-0.1, -0.05) is 28.1 Å². The summed E-state index contributed by atoms with van der Waals surface area (Å²) < 4.78 is 98.2. The van der Waals surface area contributed by atoms with Crippen molar-refractivity contribution in [2.45, 2.75) is 24.4 Å². The van der Waals surface area contributed by atoms with Crippen molar-refractivity contribution < 1.29 is 45.3 Å². The highest BCUT2D eigenvalue weighted by atomic mass is 79.9. The molecule has 1 atom stereocenters. The summed E-state index contributed by atoms with van der Waals surface area (Å²) in [4.78, 5) is 13.8. The highest BCUT2D eigenvalue weighted by Gasteiger charge is 2.52. The summed E-state index contributed by atoms with van der Waals surface area (Å²) in [6.07, 6.45) is -10.7. The van der Waals surface area contributed by atoms with E-state index in [9.17, 15) is 31.1 Å². The molecule has 1 aliphatic heterocycles. The fourth-order valence-corrected chi connectivity index (χ4v) is 4.39. The number of Topliss-reactive ketones (excluding diaryl/α,β-unsaturated/α-hetero) is 1. The minimum Gasteiger partial charge on any atom is -0.496 e. The van der Waals surface area contributed by atoms with Crippen molar-refractivity contribution in [1.82, 2.24) is 0 Å². The molecule has 0 radical (unpaired) electrons. The Balaban J connectivity index is 1.93. The standard InChI is InChI=1S/C25H17BrF6O4/c1-34-18-10-19(35-2)21-20(11-18)36-23(22(21)33,14-3-5-17(26)6-4-14)12-13-7-15(24(27,28)29)9-16(8-13)25(30,31)32/h3-11H,12H2,1-2H3. The average Bonchev–Trinajstić information content (AvgIpc) is 3.09. The fraction of sp³-hybridized carbons (Fsp3) is 0.240. The number of halogens is 7. The number of alkyl halides is 6. The molecule has 1 unspecified atom stereocenters. The highest BCUT2D eigenvalue weighted by molar-refractivity contribution is 9.10. The molecule has 36 heavy (non-hydrogen) atoms. The summed E-state index contributed by atoms with van der Waals surface area (Å²) in [5.41, 5.74) is -5.08. The van der Waals surface area contributed by atoms with Gasteiger partial charge in [0.25, 0.3) is 0 Å². The van der Waals surface area contributed by atoms with Crippen LogP contribution in [-0.4, -0.2) is 20.0 Å². The van der Waals surface area contributed by atoms with Gasteiger partial charge < -0.3 is 14.2 Å². The lowest BCUT2D eigenvalue weighted by Crippen LogP contribution is -2.39. The maximum absolute atomic E-state index is 13.8. The van der Waals surface area contributed by atoms with E-state index in [1.807, 2.05) is 0 Å². The quantitative estimate of drug-likeness (QED) is 0.302. The van der Waals surface area contributed by atoms with E-state index in [4.69, 9.17) is 14.2 Å². The summed E-state index contributed by atoms with van der Waals surface area (Å²) in [7, 11) is 2.69. The zero-order valence-corrected chi connectivity index (χ0v) is 20.3. The average molecular weight is 575 g/mol. The second-order valence-corrected chi connectivity index (χ2v) is 8.97. The van der Waals surface area contributed by atoms with E-state index >= 15 is 0 Å². The molecular formula is C25H17BrF6O4. The number of rotatable bonds is 5. The Kier molecular flexibility index (Phi) is 6.48. The molecule has 0 amide bonds. The van der Waals surface area contributed by atoms with E-state index in [1.165, 1.54) is 38.5 Å². The van der Waals surface area contributed by atoms with Crippen LogP contribution >= 0.6 is 15.9 Å². The highest BCUT2D eigenvalue weighted by Crippen LogP contribution is 2.49. The summed E-state index contributed by atoms with van der Waals surface area (Å²) in [5, 5.41) is 0. The molecule has 0 aliphatic carbocycles. The first-order valence-electron chi connectivity index (χ1n) is 10.3. The van der Waals surface area contributed by atoms with Crippen LogP contribution in [0, 0.1) is 0 Å². The first-order chi connectivity index (χ1) is 16.8. The Morgan fingerprint density at radius 2 is 1.44 bits per heavy atom. The summed E-state index contributed by atoms with van der Waals surface area (Å²) in [6, 6.07) is 10.2. The Morgan fingerprint density at radius 1 is 0.861 bits per heavy atom. The molecule has 3 aromatic rings. The van der Waals surface area contributed by atoms with Crippen molar-refractivity contribution in [1.29, 1.82) is 0 Å². The van der Waals surface area contributed by atoms with Gasteiger partial charge in [-0.2, -0.15) is 26.3 Å².